The lowest BCUT2D eigenvalue weighted by Crippen LogP contribution is -2.36. The van der Waals surface area contributed by atoms with E-state index in [0.717, 1.165) is 41.2 Å². The molecule has 1 aromatic carbocycles. The molecule has 46 heavy (non-hydrogen) atoms. The van der Waals surface area contributed by atoms with Crippen LogP contribution < -0.4 is 20.7 Å². The van der Waals surface area contributed by atoms with Gasteiger partial charge in [-0.2, -0.15) is 0 Å². The molecule has 0 fully saturated rings. The molecule has 3 aromatic heterocycles. The van der Waals surface area contributed by atoms with Gasteiger partial charge in [-0.1, -0.05) is 58.9 Å². The monoisotopic (exact) mass is 626 g/mol. The Morgan fingerprint density at radius 1 is 1.07 bits per heavy atom. The number of rotatable bonds is 10. The van der Waals surface area contributed by atoms with Gasteiger partial charge in [0.25, 0.3) is 5.91 Å². The largest absolute Gasteiger partial charge is 0.484 e. The Kier molecular flexibility index (Phi) is 9.91. The number of anilines is 1. The third-order valence-electron chi connectivity index (χ3n) is 8.40. The van der Waals surface area contributed by atoms with Gasteiger partial charge in [0.1, 0.15) is 23.4 Å². The Morgan fingerprint density at radius 2 is 1.83 bits per heavy atom. The summed E-state index contributed by atoms with van der Waals surface area (Å²) in [6, 6.07) is 14.8. The molecule has 4 aromatic rings. The van der Waals surface area contributed by atoms with Crippen molar-refractivity contribution >= 4 is 23.3 Å². The number of carbonyl (C=O) groups excluding carboxylic acids is 2. The second-order valence-corrected chi connectivity index (χ2v) is 13.4. The number of aromatic nitrogens is 4. The fraction of sp³-hybridized carbons (Fsp3) is 0.457. The molecule has 3 N–H and O–H groups in total. The van der Waals surface area contributed by atoms with Gasteiger partial charge < -0.3 is 25.6 Å². The van der Waals surface area contributed by atoms with Crippen LogP contribution in [-0.4, -0.2) is 63.6 Å². The first-order valence-corrected chi connectivity index (χ1v) is 16.1. The van der Waals surface area contributed by atoms with E-state index in [2.05, 4.69) is 51.0 Å². The maximum absolute atomic E-state index is 13.4. The number of pyridine rings is 2. The Labute approximate surface area is 271 Å². The zero-order valence-electron chi connectivity index (χ0n) is 27.9. The lowest BCUT2D eigenvalue weighted by Gasteiger charge is -2.32. The van der Waals surface area contributed by atoms with Gasteiger partial charge in [-0.25, -0.2) is 9.78 Å². The molecule has 0 saturated carbocycles. The summed E-state index contributed by atoms with van der Waals surface area (Å²) in [4.78, 5) is 32.9. The number of fused-ring (bicyclic) bond motifs is 2. The van der Waals surface area contributed by atoms with E-state index in [1.54, 1.807) is 6.07 Å². The second-order valence-electron chi connectivity index (χ2n) is 13.4. The Balaban J connectivity index is 1.30. The van der Waals surface area contributed by atoms with Crippen molar-refractivity contribution in [2.24, 2.45) is 0 Å². The first kappa shape index (κ1) is 32.9. The van der Waals surface area contributed by atoms with Gasteiger partial charge in [0, 0.05) is 35.8 Å². The molecule has 244 valence electrons. The van der Waals surface area contributed by atoms with E-state index in [1.165, 1.54) is 0 Å². The summed E-state index contributed by atoms with van der Waals surface area (Å²) >= 11 is 0. The van der Waals surface area contributed by atoms with Crippen LogP contribution in [0.1, 0.15) is 105 Å². The summed E-state index contributed by atoms with van der Waals surface area (Å²) in [6.07, 6.45) is 4.19. The van der Waals surface area contributed by atoms with Gasteiger partial charge in [-0.3, -0.25) is 9.20 Å². The number of hydrogen-bond acceptors (Lipinski definition) is 7. The lowest BCUT2D eigenvalue weighted by atomic mass is 9.85. The van der Waals surface area contributed by atoms with E-state index in [1.807, 2.05) is 86.8 Å². The van der Waals surface area contributed by atoms with Crippen molar-refractivity contribution in [2.45, 2.75) is 77.4 Å². The van der Waals surface area contributed by atoms with Crippen LogP contribution in [-0.2, 0) is 5.41 Å². The standard InChI is InChI=1S/C35H46N8O3/c1-8-22(2)32-41-40-31-16-13-24(21-43(31)32)46-29-15-14-27(25-11-9-10-12-26(25)29)39-34(45)37-23-19-28(33(44)36-17-18-42(6)7)38-30(20-23)35(3,4)5/h9-13,16,19-22,27,29H,8,14-15,17-18H2,1-7H3,(H,36,44)(H2,37,38,39,45)/t22?,27-,29+/m0/s1. The molecule has 3 amide bonds. The second kappa shape index (κ2) is 13.9. The quantitative estimate of drug-likeness (QED) is 0.197. The van der Waals surface area contributed by atoms with E-state index in [0.29, 0.717) is 30.9 Å². The van der Waals surface area contributed by atoms with E-state index in [-0.39, 0.29) is 41.1 Å². The number of nitrogens with one attached hydrogen (secondary N) is 3. The van der Waals surface area contributed by atoms with Gasteiger partial charge in [0.15, 0.2) is 5.65 Å². The summed E-state index contributed by atoms with van der Waals surface area (Å²) in [6.45, 7) is 11.6. The topological polar surface area (TPSA) is 126 Å². The van der Waals surface area contributed by atoms with Gasteiger partial charge in [0.05, 0.1) is 12.2 Å². The molecule has 1 aliphatic rings. The van der Waals surface area contributed by atoms with Gasteiger partial charge in [-0.15, -0.1) is 10.2 Å². The van der Waals surface area contributed by atoms with Crippen molar-refractivity contribution in [1.82, 2.24) is 35.1 Å². The maximum atomic E-state index is 13.4. The van der Waals surface area contributed by atoms with Crippen LogP contribution in [0, 0.1) is 0 Å². The maximum Gasteiger partial charge on any atom is 0.319 e. The number of hydrogen-bond donors (Lipinski definition) is 3. The smallest absolute Gasteiger partial charge is 0.319 e. The average molecular weight is 627 g/mol. The predicted octanol–water partition coefficient (Wildman–Crippen LogP) is 6.00. The fourth-order valence-corrected chi connectivity index (χ4v) is 5.58. The Hall–Kier alpha value is -4.51. The number of amides is 3. The van der Waals surface area contributed by atoms with Crippen LogP contribution in [0.5, 0.6) is 5.75 Å². The minimum Gasteiger partial charge on any atom is -0.484 e. The fourth-order valence-electron chi connectivity index (χ4n) is 5.58. The molecule has 0 saturated heterocycles. The molecule has 0 spiro atoms. The van der Waals surface area contributed by atoms with Crippen LogP contribution >= 0.6 is 0 Å². The summed E-state index contributed by atoms with van der Waals surface area (Å²) < 4.78 is 8.56. The number of nitrogens with zero attached hydrogens (tertiary/aromatic N) is 5. The van der Waals surface area contributed by atoms with E-state index in [4.69, 9.17) is 4.74 Å². The highest BCUT2D eigenvalue weighted by Crippen LogP contribution is 2.39. The van der Waals surface area contributed by atoms with Crippen LogP contribution in [0.25, 0.3) is 5.65 Å². The van der Waals surface area contributed by atoms with Crippen LogP contribution in [0.3, 0.4) is 0 Å². The van der Waals surface area contributed by atoms with Crippen LogP contribution in [0.4, 0.5) is 10.5 Å². The Morgan fingerprint density at radius 3 is 2.54 bits per heavy atom. The number of carbonyl (C=O) groups is 2. The lowest BCUT2D eigenvalue weighted by molar-refractivity contribution is 0.0945. The number of urea groups is 1. The number of likely N-dealkylation sites (N-methyl/N-ethyl adjacent to an activating group) is 1. The molecule has 1 aliphatic carbocycles. The molecule has 0 radical (unpaired) electrons. The summed E-state index contributed by atoms with van der Waals surface area (Å²) in [7, 11) is 3.90. The van der Waals surface area contributed by atoms with Crippen molar-refractivity contribution in [2.75, 3.05) is 32.5 Å². The molecule has 5 rings (SSSR count). The summed E-state index contributed by atoms with van der Waals surface area (Å²) in [5.74, 6) is 1.67. The van der Waals surface area contributed by atoms with Gasteiger partial charge >= 0.3 is 6.03 Å². The molecular formula is C35H46N8O3. The molecular weight excluding hydrogens is 580 g/mol. The zero-order chi connectivity index (χ0) is 33.0. The van der Waals surface area contributed by atoms with Gasteiger partial charge in [-0.05, 0) is 68.8 Å². The normalized spacial score (nSPS) is 17.0. The van der Waals surface area contributed by atoms with Crippen LogP contribution in [0.2, 0.25) is 0 Å². The van der Waals surface area contributed by atoms with Crippen molar-refractivity contribution in [3.8, 4) is 5.75 Å². The first-order chi connectivity index (χ1) is 21.9. The highest BCUT2D eigenvalue weighted by Gasteiger charge is 2.30. The van der Waals surface area contributed by atoms with E-state index < -0.39 is 0 Å². The van der Waals surface area contributed by atoms with Crippen molar-refractivity contribution in [3.05, 3.63) is 83.1 Å². The van der Waals surface area contributed by atoms with Gasteiger partial charge in [0.2, 0.25) is 0 Å². The summed E-state index contributed by atoms with van der Waals surface area (Å²) in [5.41, 5.74) is 4.03. The number of benzene rings is 1. The SMILES string of the molecule is CCC(C)c1nnc2ccc(O[C@@H]3CC[C@H](NC(=O)Nc4cc(C(=O)NCCN(C)C)nc(C(C)(C)C)c4)c4ccccc43)cn12. The van der Waals surface area contributed by atoms with Crippen molar-refractivity contribution < 1.29 is 14.3 Å². The summed E-state index contributed by atoms with van der Waals surface area (Å²) in [5, 5.41) is 17.7. The highest BCUT2D eigenvalue weighted by molar-refractivity contribution is 5.95. The molecule has 3 heterocycles. The molecule has 11 nitrogen and oxygen atoms in total. The highest BCUT2D eigenvalue weighted by atomic mass is 16.5. The average Bonchev–Trinajstić information content (AvgIpc) is 3.44. The number of ether oxygens (including phenoxy) is 1. The Bertz CT molecular complexity index is 1690. The minimum absolute atomic E-state index is 0.165. The first-order valence-electron chi connectivity index (χ1n) is 16.1. The van der Waals surface area contributed by atoms with Crippen molar-refractivity contribution in [1.29, 1.82) is 0 Å². The predicted molar refractivity (Wildman–Crippen MR) is 179 cm³/mol. The zero-order valence-corrected chi connectivity index (χ0v) is 27.9. The molecule has 0 aliphatic heterocycles. The third-order valence-corrected chi connectivity index (χ3v) is 8.40. The third kappa shape index (κ3) is 7.64. The molecule has 1 unspecified atom stereocenters. The molecule has 0 bridgehead atoms. The van der Waals surface area contributed by atoms with Crippen molar-refractivity contribution in [3.63, 3.8) is 0 Å². The van der Waals surface area contributed by atoms with Crippen LogP contribution in [0.15, 0.2) is 54.7 Å². The van der Waals surface area contributed by atoms with E-state index >= 15 is 0 Å². The molecule has 11 heteroatoms. The minimum atomic E-state index is -0.347. The van der Waals surface area contributed by atoms with E-state index in [9.17, 15) is 9.59 Å². The molecule has 3 atom stereocenters.